The first-order valence-corrected chi connectivity index (χ1v) is 14.3. The summed E-state index contributed by atoms with van der Waals surface area (Å²) in [5.74, 6) is 0. The van der Waals surface area contributed by atoms with Gasteiger partial charge in [0.05, 0.1) is 11.4 Å². The molecule has 0 saturated carbocycles. The lowest BCUT2D eigenvalue weighted by Gasteiger charge is -2.36. The van der Waals surface area contributed by atoms with E-state index in [0.29, 0.717) is 0 Å². The molecule has 6 rings (SSSR count). The van der Waals surface area contributed by atoms with Crippen LogP contribution in [-0.4, -0.2) is 0 Å². The molecule has 2 aliphatic heterocycles. The molecule has 0 atom stereocenters. The first kappa shape index (κ1) is 29.9. The molecule has 0 aliphatic carbocycles. The average Bonchev–Trinajstić information content (AvgIpc) is 3.07. The van der Waals surface area contributed by atoms with Crippen molar-refractivity contribution in [1.82, 2.24) is 0 Å². The van der Waals surface area contributed by atoms with Crippen LogP contribution < -0.4 is 4.90 Å². The van der Waals surface area contributed by atoms with Gasteiger partial charge in [-0.3, -0.25) is 0 Å². The van der Waals surface area contributed by atoms with E-state index in [2.05, 4.69) is 98.5 Å². The third-order valence-electron chi connectivity index (χ3n) is 6.35. The highest BCUT2D eigenvalue weighted by Crippen LogP contribution is 2.56. The molecule has 0 bridgehead atoms. The van der Waals surface area contributed by atoms with E-state index in [4.69, 9.17) is 0 Å². The predicted octanol–water partition coefficient (Wildman–Crippen LogP) is 11.7. The Morgan fingerprint density at radius 1 is 0.486 bits per heavy atom. The van der Waals surface area contributed by atoms with Gasteiger partial charge in [0.1, 0.15) is 0 Å². The maximum atomic E-state index is 2.53. The minimum absolute atomic E-state index is 0.985. The zero-order chi connectivity index (χ0) is 27.7. The molecule has 0 radical (unpaired) electrons. The molecule has 0 unspecified atom stereocenters. The Labute approximate surface area is 227 Å². The van der Waals surface area contributed by atoms with Gasteiger partial charge in [-0.15, -0.1) is 0 Å². The Morgan fingerprint density at radius 3 is 1.57 bits per heavy atom. The quantitative estimate of drug-likeness (QED) is 0.203. The molecule has 0 spiro atoms. The molecule has 0 aromatic heterocycles. The average molecular weight is 494 g/mol. The monoisotopic (exact) mass is 493 g/mol. The number of hydrogen-bond acceptors (Lipinski definition) is 1. The van der Waals surface area contributed by atoms with Gasteiger partial charge in [0.15, 0.2) is 0 Å². The van der Waals surface area contributed by atoms with Crippen LogP contribution in [0.15, 0.2) is 72.8 Å². The van der Waals surface area contributed by atoms with E-state index in [1.54, 1.807) is 0 Å². The molecule has 1 nitrogen and oxygen atoms in total. The molecule has 2 heterocycles. The van der Waals surface area contributed by atoms with Gasteiger partial charge in [-0.25, -0.2) is 0 Å². The van der Waals surface area contributed by atoms with Crippen LogP contribution in [0, 0.1) is 20.8 Å². The van der Waals surface area contributed by atoms with E-state index in [1.807, 2.05) is 55.4 Å². The number of hydrogen-bond donors (Lipinski definition) is 0. The van der Waals surface area contributed by atoms with Crippen LogP contribution in [0.3, 0.4) is 0 Å². The van der Waals surface area contributed by atoms with Gasteiger partial charge in [0.25, 0.3) is 0 Å². The number of nitrogens with zero attached hydrogens (tertiary/aromatic N) is 1. The molecule has 4 aromatic carbocycles. The van der Waals surface area contributed by atoms with E-state index < -0.39 is 0 Å². The van der Waals surface area contributed by atoms with E-state index >= 15 is 0 Å². The van der Waals surface area contributed by atoms with Crippen molar-refractivity contribution in [3.05, 3.63) is 101 Å². The van der Waals surface area contributed by atoms with E-state index in [9.17, 15) is 0 Å². The molecule has 4 aromatic rings. The number of benzene rings is 4. The van der Waals surface area contributed by atoms with Crippen LogP contribution in [-0.2, 0) is 6.42 Å². The number of fused-ring (bicyclic) bond motifs is 7. The molecule has 0 saturated heterocycles. The summed E-state index contributed by atoms with van der Waals surface area (Å²) < 4.78 is 0. The fourth-order valence-corrected chi connectivity index (χ4v) is 5.31. The Balaban J connectivity index is 0.000000553. The van der Waals surface area contributed by atoms with Gasteiger partial charge in [-0.1, -0.05) is 121 Å². The number of aryl methyl sites for hydroxylation is 3. The molecule has 2 aliphatic rings. The lowest BCUT2D eigenvalue weighted by Crippen LogP contribution is -2.20. The standard InChI is InChI=1S/C28H23N.4C2H6/c1-17-12-19(3)27-24(14-17)22-9-5-6-10-23(22)25-15-18(2)13-21-16-20-8-4-7-11-26(20)29(27)28(21)25;4*1-2/h4-15H,16H2,1-3H3;4*1-2H3. The fraction of sp³-hybridized carbons (Fsp3) is 0.333. The van der Waals surface area contributed by atoms with Crippen LogP contribution >= 0.6 is 0 Å². The fourth-order valence-electron chi connectivity index (χ4n) is 5.31. The van der Waals surface area contributed by atoms with Crippen molar-refractivity contribution < 1.29 is 0 Å². The minimum Gasteiger partial charge on any atom is -0.308 e. The van der Waals surface area contributed by atoms with Crippen LogP contribution in [0.25, 0.3) is 22.3 Å². The van der Waals surface area contributed by atoms with Gasteiger partial charge in [0.2, 0.25) is 0 Å². The van der Waals surface area contributed by atoms with Crippen molar-refractivity contribution in [3.63, 3.8) is 0 Å². The van der Waals surface area contributed by atoms with E-state index in [0.717, 1.165) is 6.42 Å². The van der Waals surface area contributed by atoms with Gasteiger partial charge in [-0.2, -0.15) is 0 Å². The molecule has 0 N–H and O–H groups in total. The molecular formula is C36H47N. The van der Waals surface area contributed by atoms with Gasteiger partial charge >= 0.3 is 0 Å². The largest absolute Gasteiger partial charge is 0.308 e. The Morgan fingerprint density at radius 2 is 0.973 bits per heavy atom. The summed E-state index contributed by atoms with van der Waals surface area (Å²) in [7, 11) is 0. The second-order valence-electron chi connectivity index (χ2n) is 8.48. The number of para-hydroxylation sites is 1. The minimum atomic E-state index is 0.985. The topological polar surface area (TPSA) is 3.24 Å². The molecule has 0 amide bonds. The smallest absolute Gasteiger partial charge is 0.0576 e. The maximum absolute atomic E-state index is 2.53. The van der Waals surface area contributed by atoms with E-state index in [-0.39, 0.29) is 0 Å². The number of rotatable bonds is 0. The molecule has 1 heteroatoms. The molecule has 0 fully saturated rings. The van der Waals surface area contributed by atoms with Crippen LogP contribution in [0.5, 0.6) is 0 Å². The van der Waals surface area contributed by atoms with Crippen molar-refractivity contribution in [2.24, 2.45) is 0 Å². The zero-order valence-corrected chi connectivity index (χ0v) is 25.1. The van der Waals surface area contributed by atoms with Gasteiger partial charge in [-0.05, 0) is 66.8 Å². The van der Waals surface area contributed by atoms with E-state index in [1.165, 1.54) is 67.1 Å². The summed E-state index contributed by atoms with van der Waals surface area (Å²) in [6, 6.07) is 27.2. The van der Waals surface area contributed by atoms with Crippen LogP contribution in [0.2, 0.25) is 0 Å². The van der Waals surface area contributed by atoms with Gasteiger partial charge in [0, 0.05) is 23.2 Å². The summed E-state index contributed by atoms with van der Waals surface area (Å²) in [4.78, 5) is 2.53. The lowest BCUT2D eigenvalue weighted by atomic mass is 9.89. The maximum Gasteiger partial charge on any atom is 0.0576 e. The first-order chi connectivity index (χ1) is 18.1. The normalized spacial score (nSPS) is 10.9. The van der Waals surface area contributed by atoms with Crippen molar-refractivity contribution >= 4 is 17.1 Å². The second kappa shape index (κ2) is 13.8. The van der Waals surface area contributed by atoms with Crippen LogP contribution in [0.1, 0.15) is 83.2 Å². The lowest BCUT2D eigenvalue weighted by molar-refractivity contribution is 1.08. The zero-order valence-electron chi connectivity index (χ0n) is 25.1. The summed E-state index contributed by atoms with van der Waals surface area (Å²) in [5.41, 5.74) is 16.1. The van der Waals surface area contributed by atoms with Crippen molar-refractivity contribution in [3.8, 4) is 22.3 Å². The first-order valence-electron chi connectivity index (χ1n) is 14.3. The Kier molecular flexibility index (Phi) is 11.2. The molecular weight excluding hydrogens is 446 g/mol. The van der Waals surface area contributed by atoms with Crippen molar-refractivity contribution in [2.75, 3.05) is 4.90 Å². The summed E-state index contributed by atoms with van der Waals surface area (Å²) in [6.07, 6.45) is 0.985. The third kappa shape index (κ3) is 5.52. The number of anilines is 3. The SMILES string of the molecule is CC.CC.CC.CC.Cc1cc(C)c2c(c1)-c1ccccc1-c1cc(C)cc3c1N2c1ccccc1C3. The third-order valence-corrected chi connectivity index (χ3v) is 6.35. The molecule has 196 valence electrons. The predicted molar refractivity (Wildman–Crippen MR) is 168 cm³/mol. The van der Waals surface area contributed by atoms with Crippen LogP contribution in [0.4, 0.5) is 17.1 Å². The second-order valence-corrected chi connectivity index (χ2v) is 8.48. The molecule has 37 heavy (non-hydrogen) atoms. The highest BCUT2D eigenvalue weighted by molar-refractivity contribution is 6.05. The Hall–Kier alpha value is -3.32. The van der Waals surface area contributed by atoms with Gasteiger partial charge < -0.3 is 4.90 Å². The summed E-state index contributed by atoms with van der Waals surface area (Å²) in [5, 5.41) is 0. The Bertz CT molecular complexity index is 1270. The van der Waals surface area contributed by atoms with Crippen molar-refractivity contribution in [2.45, 2.75) is 82.6 Å². The highest BCUT2D eigenvalue weighted by atomic mass is 15.2. The summed E-state index contributed by atoms with van der Waals surface area (Å²) >= 11 is 0. The summed E-state index contributed by atoms with van der Waals surface area (Å²) in [6.45, 7) is 22.7. The highest BCUT2D eigenvalue weighted by Gasteiger charge is 2.33. The van der Waals surface area contributed by atoms with Crippen molar-refractivity contribution in [1.29, 1.82) is 0 Å².